The van der Waals surface area contributed by atoms with E-state index < -0.39 is 11.9 Å². The third-order valence-electron chi connectivity index (χ3n) is 5.41. The first-order valence-electron chi connectivity index (χ1n) is 10.0. The Hall–Kier alpha value is -4.00. The van der Waals surface area contributed by atoms with Crippen LogP contribution in [0.5, 0.6) is 0 Å². The molecule has 0 aliphatic heterocycles. The van der Waals surface area contributed by atoms with E-state index in [-0.39, 0.29) is 11.1 Å². The maximum absolute atomic E-state index is 11.5. The van der Waals surface area contributed by atoms with Crippen LogP contribution in [0.2, 0.25) is 0 Å². The van der Waals surface area contributed by atoms with Gasteiger partial charge >= 0.3 is 11.9 Å². The van der Waals surface area contributed by atoms with Gasteiger partial charge in [0, 0.05) is 22.9 Å². The van der Waals surface area contributed by atoms with Crippen LogP contribution in [-0.2, 0) is 12.8 Å². The lowest BCUT2D eigenvalue weighted by atomic mass is 9.93. The van der Waals surface area contributed by atoms with Gasteiger partial charge in [-0.05, 0) is 48.2 Å². The van der Waals surface area contributed by atoms with Gasteiger partial charge in [-0.3, -0.25) is 4.40 Å². The molecule has 0 spiro atoms. The highest BCUT2D eigenvalue weighted by Crippen LogP contribution is 2.32. The highest BCUT2D eigenvalue weighted by atomic mass is 16.4. The minimum absolute atomic E-state index is 0.171. The van der Waals surface area contributed by atoms with Crippen LogP contribution >= 0.6 is 0 Å². The molecule has 4 aromatic rings. The summed E-state index contributed by atoms with van der Waals surface area (Å²) in [5, 5.41) is 27.5. The van der Waals surface area contributed by atoms with Gasteiger partial charge in [-0.25, -0.2) is 9.59 Å². The first-order chi connectivity index (χ1) is 14.9. The Balaban J connectivity index is 2.01. The van der Waals surface area contributed by atoms with E-state index in [9.17, 15) is 19.8 Å². The summed E-state index contributed by atoms with van der Waals surface area (Å²) in [4.78, 5) is 22.9. The van der Waals surface area contributed by atoms with Crippen LogP contribution in [0.25, 0.3) is 28.2 Å². The van der Waals surface area contributed by atoms with Gasteiger partial charge in [0.25, 0.3) is 0 Å². The van der Waals surface area contributed by atoms with Gasteiger partial charge in [0.05, 0.1) is 11.1 Å². The smallest absolute Gasteiger partial charge is 0.335 e. The van der Waals surface area contributed by atoms with Gasteiger partial charge in [0.1, 0.15) is 0 Å². The quantitative estimate of drug-likeness (QED) is 0.477. The zero-order chi connectivity index (χ0) is 22.1. The molecule has 2 aromatic carbocycles. The summed E-state index contributed by atoms with van der Waals surface area (Å²) in [6.45, 7) is 4.11. The number of carboxylic acid groups (broad SMARTS) is 2. The molecule has 0 saturated heterocycles. The molecule has 0 aliphatic carbocycles. The van der Waals surface area contributed by atoms with Crippen molar-refractivity contribution in [3.63, 3.8) is 0 Å². The zero-order valence-electron chi connectivity index (χ0n) is 17.2. The molecule has 0 amide bonds. The standard InChI is InChI=1S/C24H21N3O4/c1-3-18-19(4-2)22-26-25-21(15-8-6-10-17(12-15)24(30)31)27(22)13-20(18)14-7-5-9-16(11-14)23(28)29/h5-13H,3-4H2,1-2H3,(H,28,29)(H,30,31). The number of rotatable bonds is 6. The molecule has 0 unspecified atom stereocenters. The van der Waals surface area contributed by atoms with E-state index in [1.165, 1.54) is 6.07 Å². The van der Waals surface area contributed by atoms with Gasteiger partial charge in [-0.2, -0.15) is 0 Å². The number of benzene rings is 2. The van der Waals surface area contributed by atoms with Crippen molar-refractivity contribution in [3.8, 4) is 22.5 Å². The Labute approximate surface area is 178 Å². The van der Waals surface area contributed by atoms with Gasteiger partial charge in [0.2, 0.25) is 0 Å². The van der Waals surface area contributed by atoms with Gasteiger partial charge in [-0.15, -0.1) is 10.2 Å². The Bertz CT molecular complexity index is 1320. The van der Waals surface area contributed by atoms with Gasteiger partial charge in [-0.1, -0.05) is 38.1 Å². The number of nitrogens with zero attached hydrogens (tertiary/aromatic N) is 3. The highest BCUT2D eigenvalue weighted by molar-refractivity contribution is 5.90. The van der Waals surface area contributed by atoms with Crippen molar-refractivity contribution in [3.05, 3.63) is 77.0 Å². The van der Waals surface area contributed by atoms with Crippen LogP contribution in [-0.4, -0.2) is 36.7 Å². The molecule has 2 heterocycles. The van der Waals surface area contributed by atoms with Crippen LogP contribution in [0.1, 0.15) is 45.7 Å². The summed E-state index contributed by atoms with van der Waals surface area (Å²) >= 11 is 0. The fraction of sp³-hybridized carbons (Fsp3) is 0.167. The Morgan fingerprint density at radius 1 is 0.839 bits per heavy atom. The molecular weight excluding hydrogens is 394 g/mol. The minimum Gasteiger partial charge on any atom is -0.478 e. The Morgan fingerprint density at radius 3 is 2.00 bits per heavy atom. The SMILES string of the molecule is CCc1c(-c2cccc(C(=O)O)c2)cn2c(-c3cccc(C(=O)O)c3)nnc2c1CC. The number of carboxylic acids is 2. The lowest BCUT2D eigenvalue weighted by Crippen LogP contribution is -2.03. The average Bonchev–Trinajstić information content (AvgIpc) is 3.21. The van der Waals surface area contributed by atoms with Crippen molar-refractivity contribution in [1.29, 1.82) is 0 Å². The topological polar surface area (TPSA) is 105 Å². The van der Waals surface area contributed by atoms with E-state index in [1.807, 2.05) is 23.6 Å². The van der Waals surface area contributed by atoms with Crippen LogP contribution in [0.15, 0.2) is 54.7 Å². The highest BCUT2D eigenvalue weighted by Gasteiger charge is 2.19. The number of aryl methyl sites for hydroxylation is 1. The number of hydrogen-bond acceptors (Lipinski definition) is 4. The van der Waals surface area contributed by atoms with E-state index in [0.717, 1.165) is 35.1 Å². The van der Waals surface area contributed by atoms with E-state index in [2.05, 4.69) is 17.1 Å². The molecule has 156 valence electrons. The summed E-state index contributed by atoms with van der Waals surface area (Å²) in [6.07, 6.45) is 3.40. The molecule has 2 N–H and O–H groups in total. The molecular formula is C24H21N3O4. The molecule has 7 heteroatoms. The maximum atomic E-state index is 11.5. The van der Waals surface area contributed by atoms with Crippen molar-refractivity contribution < 1.29 is 19.8 Å². The second kappa shape index (κ2) is 8.02. The minimum atomic E-state index is -1.01. The van der Waals surface area contributed by atoms with E-state index in [0.29, 0.717) is 17.0 Å². The lowest BCUT2D eigenvalue weighted by Gasteiger charge is -2.15. The Morgan fingerprint density at radius 2 is 1.42 bits per heavy atom. The van der Waals surface area contributed by atoms with Crippen LogP contribution in [0.4, 0.5) is 0 Å². The third-order valence-corrected chi connectivity index (χ3v) is 5.41. The van der Waals surface area contributed by atoms with Crippen LogP contribution in [0.3, 0.4) is 0 Å². The van der Waals surface area contributed by atoms with Crippen LogP contribution < -0.4 is 0 Å². The molecule has 0 bridgehead atoms. The molecule has 2 aromatic heterocycles. The van der Waals surface area contributed by atoms with Crippen molar-refractivity contribution in [2.24, 2.45) is 0 Å². The largest absolute Gasteiger partial charge is 0.478 e. The summed E-state index contributed by atoms with van der Waals surface area (Å²) in [7, 11) is 0. The molecule has 0 saturated carbocycles. The molecule has 0 fully saturated rings. The lowest BCUT2D eigenvalue weighted by molar-refractivity contribution is 0.0686. The first-order valence-corrected chi connectivity index (χ1v) is 10.0. The Kier molecular flexibility index (Phi) is 5.25. The molecule has 7 nitrogen and oxygen atoms in total. The predicted molar refractivity (Wildman–Crippen MR) is 117 cm³/mol. The number of hydrogen-bond donors (Lipinski definition) is 2. The molecule has 0 radical (unpaired) electrons. The van der Waals surface area contributed by atoms with E-state index in [4.69, 9.17) is 0 Å². The predicted octanol–water partition coefficient (Wildman–Crippen LogP) is 4.58. The number of pyridine rings is 1. The summed E-state index contributed by atoms with van der Waals surface area (Å²) in [6, 6.07) is 13.4. The van der Waals surface area contributed by atoms with E-state index >= 15 is 0 Å². The van der Waals surface area contributed by atoms with Crippen molar-refractivity contribution in [1.82, 2.24) is 14.6 Å². The fourth-order valence-electron chi connectivity index (χ4n) is 3.96. The van der Waals surface area contributed by atoms with Gasteiger partial charge in [0.15, 0.2) is 11.5 Å². The maximum Gasteiger partial charge on any atom is 0.335 e. The normalized spacial score (nSPS) is 11.0. The number of aromatic carboxylic acids is 2. The summed E-state index contributed by atoms with van der Waals surface area (Å²) in [5.74, 6) is -1.46. The summed E-state index contributed by atoms with van der Waals surface area (Å²) < 4.78 is 1.86. The average molecular weight is 415 g/mol. The van der Waals surface area contributed by atoms with Crippen molar-refractivity contribution in [2.45, 2.75) is 26.7 Å². The second-order valence-electron chi connectivity index (χ2n) is 7.20. The molecule has 31 heavy (non-hydrogen) atoms. The van der Waals surface area contributed by atoms with Gasteiger partial charge < -0.3 is 10.2 Å². The molecule has 0 aliphatic rings. The molecule has 0 atom stereocenters. The zero-order valence-corrected chi connectivity index (χ0v) is 17.2. The number of carbonyl (C=O) groups is 2. The van der Waals surface area contributed by atoms with Crippen molar-refractivity contribution in [2.75, 3.05) is 0 Å². The van der Waals surface area contributed by atoms with E-state index in [1.54, 1.807) is 36.4 Å². The van der Waals surface area contributed by atoms with Crippen LogP contribution in [0, 0.1) is 0 Å². The summed E-state index contributed by atoms with van der Waals surface area (Å²) in [5.41, 5.74) is 5.58. The second-order valence-corrected chi connectivity index (χ2v) is 7.20. The molecule has 4 rings (SSSR count). The number of fused-ring (bicyclic) bond motifs is 1. The fourth-order valence-corrected chi connectivity index (χ4v) is 3.96. The van der Waals surface area contributed by atoms with Crippen molar-refractivity contribution >= 4 is 17.6 Å². The first kappa shape index (κ1) is 20.3. The monoisotopic (exact) mass is 415 g/mol. The number of aromatic nitrogens is 3. The third kappa shape index (κ3) is 3.54.